The number of piperazine rings is 1. The fraction of sp³-hybridized carbons (Fsp3) is 0.381. The van der Waals surface area contributed by atoms with E-state index in [1.165, 1.54) is 0 Å². The molecule has 2 aromatic heterocycles. The van der Waals surface area contributed by atoms with E-state index in [0.29, 0.717) is 12.1 Å². The Morgan fingerprint density at radius 1 is 1.26 bits per heavy atom. The molecule has 0 spiro atoms. The molecule has 140 valence electrons. The van der Waals surface area contributed by atoms with Crippen LogP contribution in [0.3, 0.4) is 0 Å². The highest BCUT2D eigenvalue weighted by Gasteiger charge is 2.27. The molecule has 0 saturated carbocycles. The summed E-state index contributed by atoms with van der Waals surface area (Å²) in [5.41, 5.74) is 3.24. The quantitative estimate of drug-likeness (QED) is 0.777. The van der Waals surface area contributed by atoms with E-state index in [9.17, 15) is 4.79 Å². The van der Waals surface area contributed by atoms with Gasteiger partial charge in [-0.05, 0) is 26.8 Å². The smallest absolute Gasteiger partial charge is 0.255 e. The van der Waals surface area contributed by atoms with Gasteiger partial charge < -0.3 is 10.2 Å². The summed E-state index contributed by atoms with van der Waals surface area (Å²) < 4.78 is 1.89. The highest BCUT2D eigenvalue weighted by molar-refractivity contribution is 6.06. The minimum Gasteiger partial charge on any atom is -0.333 e. The summed E-state index contributed by atoms with van der Waals surface area (Å²) in [7, 11) is 0. The van der Waals surface area contributed by atoms with E-state index in [0.717, 1.165) is 35.4 Å². The fourth-order valence-electron chi connectivity index (χ4n) is 3.63. The predicted octanol–water partition coefficient (Wildman–Crippen LogP) is 3.11. The lowest BCUT2D eigenvalue weighted by molar-refractivity contribution is 0.0658. The van der Waals surface area contributed by atoms with Crippen molar-refractivity contribution in [2.24, 2.45) is 0 Å². The third-order valence-corrected chi connectivity index (χ3v) is 5.12. The van der Waals surface area contributed by atoms with Gasteiger partial charge in [0.2, 0.25) is 0 Å². The molecule has 0 radical (unpaired) electrons. The van der Waals surface area contributed by atoms with Crippen LogP contribution in [-0.2, 0) is 0 Å². The van der Waals surface area contributed by atoms with Crippen LogP contribution in [0.15, 0.2) is 42.6 Å². The zero-order valence-corrected chi connectivity index (χ0v) is 16.0. The summed E-state index contributed by atoms with van der Waals surface area (Å²) in [5.74, 6) is 0.0527. The second-order valence-electron chi connectivity index (χ2n) is 7.39. The Kier molecular flexibility index (Phi) is 4.66. The Labute approximate surface area is 159 Å². The van der Waals surface area contributed by atoms with Crippen molar-refractivity contribution in [3.8, 4) is 11.3 Å². The van der Waals surface area contributed by atoms with Gasteiger partial charge in [0.05, 0.1) is 22.8 Å². The third kappa shape index (κ3) is 3.21. The second-order valence-corrected chi connectivity index (χ2v) is 7.39. The van der Waals surface area contributed by atoms with Crippen molar-refractivity contribution < 1.29 is 4.79 Å². The van der Waals surface area contributed by atoms with Gasteiger partial charge >= 0.3 is 0 Å². The Hall–Kier alpha value is -2.73. The number of carbonyl (C=O) groups excluding carboxylic acids is 1. The van der Waals surface area contributed by atoms with Crippen molar-refractivity contribution in [1.82, 2.24) is 25.0 Å². The molecule has 1 saturated heterocycles. The number of nitrogens with zero attached hydrogens (tertiary/aromatic N) is 4. The van der Waals surface area contributed by atoms with Gasteiger partial charge in [-0.2, -0.15) is 5.10 Å². The van der Waals surface area contributed by atoms with Gasteiger partial charge in [0.1, 0.15) is 0 Å². The van der Waals surface area contributed by atoms with Crippen LogP contribution in [0.2, 0.25) is 0 Å². The van der Waals surface area contributed by atoms with Crippen molar-refractivity contribution in [3.05, 3.63) is 48.2 Å². The maximum atomic E-state index is 13.4. The Morgan fingerprint density at radius 3 is 2.74 bits per heavy atom. The summed E-state index contributed by atoms with van der Waals surface area (Å²) in [4.78, 5) is 20.2. The van der Waals surface area contributed by atoms with Crippen molar-refractivity contribution >= 4 is 16.9 Å². The van der Waals surface area contributed by atoms with Crippen LogP contribution in [0.5, 0.6) is 0 Å². The first-order valence-corrected chi connectivity index (χ1v) is 9.51. The molecule has 0 unspecified atom stereocenters. The molecule has 3 heterocycles. The summed E-state index contributed by atoms with van der Waals surface area (Å²) in [6.07, 6.45) is 1.78. The lowest BCUT2D eigenvalue weighted by Gasteiger charge is -2.34. The van der Waals surface area contributed by atoms with Gasteiger partial charge in [0.25, 0.3) is 5.91 Å². The molecule has 1 atom stereocenters. The van der Waals surface area contributed by atoms with Crippen molar-refractivity contribution in [3.63, 3.8) is 0 Å². The van der Waals surface area contributed by atoms with Gasteiger partial charge in [0.15, 0.2) is 5.65 Å². The minimum absolute atomic E-state index is 0.0527. The molecule has 27 heavy (non-hydrogen) atoms. The number of aromatic nitrogens is 3. The molecule has 1 aliphatic rings. The highest BCUT2D eigenvalue weighted by Crippen LogP contribution is 2.27. The van der Waals surface area contributed by atoms with Gasteiger partial charge in [0, 0.05) is 37.3 Å². The van der Waals surface area contributed by atoms with Crippen LogP contribution in [0.4, 0.5) is 0 Å². The first-order valence-electron chi connectivity index (χ1n) is 9.51. The van der Waals surface area contributed by atoms with Crippen LogP contribution in [0, 0.1) is 0 Å². The van der Waals surface area contributed by atoms with E-state index in [2.05, 4.69) is 31.2 Å². The Balaban J connectivity index is 1.89. The molecule has 1 amide bonds. The zero-order valence-electron chi connectivity index (χ0n) is 16.0. The number of amides is 1. The molecule has 1 aliphatic heterocycles. The molecule has 3 aromatic rings. The number of carbonyl (C=O) groups is 1. The van der Waals surface area contributed by atoms with Crippen LogP contribution >= 0.6 is 0 Å². The molecule has 4 rings (SSSR count). The number of hydrogen-bond donors (Lipinski definition) is 1. The average Bonchev–Trinajstić information content (AvgIpc) is 3.12. The maximum absolute atomic E-state index is 13.4. The number of rotatable bonds is 3. The number of benzene rings is 1. The largest absolute Gasteiger partial charge is 0.333 e. The SMILES string of the molecule is CC(C)n1ncc2c(C(=O)N3CCNC[C@H]3C)cc(-c3ccccc3)nc21. The molecular formula is C21H25N5O. The van der Waals surface area contributed by atoms with E-state index in [-0.39, 0.29) is 18.0 Å². The molecule has 1 N–H and O–H groups in total. The molecular weight excluding hydrogens is 338 g/mol. The zero-order chi connectivity index (χ0) is 19.0. The summed E-state index contributed by atoms with van der Waals surface area (Å²) >= 11 is 0. The monoisotopic (exact) mass is 363 g/mol. The third-order valence-electron chi connectivity index (χ3n) is 5.12. The van der Waals surface area contributed by atoms with Crippen LogP contribution in [0.1, 0.15) is 37.2 Å². The van der Waals surface area contributed by atoms with Gasteiger partial charge in [-0.25, -0.2) is 9.67 Å². The molecule has 0 aliphatic carbocycles. The van der Waals surface area contributed by atoms with Gasteiger partial charge in [-0.15, -0.1) is 0 Å². The second kappa shape index (κ2) is 7.12. The van der Waals surface area contributed by atoms with E-state index in [1.54, 1.807) is 6.20 Å². The number of hydrogen-bond acceptors (Lipinski definition) is 4. The fourth-order valence-corrected chi connectivity index (χ4v) is 3.63. The minimum atomic E-state index is 0.0527. The van der Waals surface area contributed by atoms with Crippen LogP contribution < -0.4 is 5.32 Å². The first-order chi connectivity index (χ1) is 13.1. The van der Waals surface area contributed by atoms with Crippen molar-refractivity contribution in [1.29, 1.82) is 0 Å². The molecule has 6 heteroatoms. The summed E-state index contributed by atoms with van der Waals surface area (Å²) in [5, 5.41) is 8.67. The van der Waals surface area contributed by atoms with E-state index in [4.69, 9.17) is 4.98 Å². The standard InChI is InChI=1S/C21H25N5O/c1-14(2)26-20-18(13-23-26)17(21(27)25-10-9-22-12-15(25)3)11-19(24-20)16-7-5-4-6-8-16/h4-8,11,13-15,22H,9-10,12H2,1-3H3/t15-/m1/s1. The van der Waals surface area contributed by atoms with Crippen molar-refractivity contribution in [2.45, 2.75) is 32.9 Å². The lowest BCUT2D eigenvalue weighted by atomic mass is 10.0. The van der Waals surface area contributed by atoms with Gasteiger partial charge in [-0.1, -0.05) is 30.3 Å². The van der Waals surface area contributed by atoms with Crippen molar-refractivity contribution in [2.75, 3.05) is 19.6 Å². The normalized spacial score (nSPS) is 17.6. The summed E-state index contributed by atoms with van der Waals surface area (Å²) in [6, 6.07) is 12.2. The summed E-state index contributed by atoms with van der Waals surface area (Å²) in [6.45, 7) is 8.57. The topological polar surface area (TPSA) is 63.1 Å². The lowest BCUT2D eigenvalue weighted by Crippen LogP contribution is -2.52. The van der Waals surface area contributed by atoms with Crippen LogP contribution in [0.25, 0.3) is 22.3 Å². The molecule has 0 bridgehead atoms. The van der Waals surface area contributed by atoms with E-state index >= 15 is 0 Å². The number of pyridine rings is 1. The molecule has 1 fully saturated rings. The first kappa shape index (κ1) is 17.7. The van der Waals surface area contributed by atoms with E-state index in [1.807, 2.05) is 46.0 Å². The number of nitrogens with one attached hydrogen (secondary N) is 1. The van der Waals surface area contributed by atoms with Gasteiger partial charge in [-0.3, -0.25) is 4.79 Å². The molecule has 1 aromatic carbocycles. The average molecular weight is 363 g/mol. The highest BCUT2D eigenvalue weighted by atomic mass is 16.2. The maximum Gasteiger partial charge on any atom is 0.255 e. The molecule has 6 nitrogen and oxygen atoms in total. The van der Waals surface area contributed by atoms with Crippen LogP contribution in [-0.4, -0.2) is 51.2 Å². The Bertz CT molecular complexity index is 963. The Morgan fingerprint density at radius 2 is 2.04 bits per heavy atom. The number of fused-ring (bicyclic) bond motifs is 1. The predicted molar refractivity (Wildman–Crippen MR) is 107 cm³/mol. The van der Waals surface area contributed by atoms with E-state index < -0.39 is 0 Å².